The molecule has 0 aromatic carbocycles. The molecule has 0 spiro atoms. The van der Waals surface area contributed by atoms with E-state index in [-0.39, 0.29) is 24.0 Å². The molecule has 0 atom stereocenters. The smallest absolute Gasteiger partial charge is 0.417 e. The fourth-order valence-electron chi connectivity index (χ4n) is 1.44. The van der Waals surface area contributed by atoms with E-state index in [1.54, 1.807) is 0 Å². The van der Waals surface area contributed by atoms with Gasteiger partial charge in [0.15, 0.2) is 0 Å². The Bertz CT molecular complexity index is 482. The molecule has 0 amide bonds. The molecule has 0 aliphatic carbocycles. The summed E-state index contributed by atoms with van der Waals surface area (Å²) < 4.78 is 42.3. The number of pyridine rings is 1. The minimum atomic E-state index is -4.56. The Balaban J connectivity index is 3.04. The van der Waals surface area contributed by atoms with Crippen LogP contribution >= 0.6 is 11.6 Å². The summed E-state index contributed by atoms with van der Waals surface area (Å²) in [7, 11) is 1.42. The van der Waals surface area contributed by atoms with Gasteiger partial charge >= 0.3 is 12.1 Å². The van der Waals surface area contributed by atoms with Crippen molar-refractivity contribution in [2.75, 3.05) is 31.7 Å². The van der Waals surface area contributed by atoms with Gasteiger partial charge in [-0.15, -0.1) is 0 Å². The molecule has 0 saturated carbocycles. The lowest BCUT2D eigenvalue weighted by Gasteiger charge is -2.22. The Hall–Kier alpha value is -1.54. The molecule has 1 rings (SSSR count). The first-order valence-corrected chi connectivity index (χ1v) is 5.82. The number of hydrogen-bond acceptors (Lipinski definition) is 4. The highest BCUT2D eigenvalue weighted by molar-refractivity contribution is 6.33. The standard InChI is InChI=1S/C11H12ClF3N2O3/c1-20-3-2-17(6-9(18)19)10-8(12)4-7(5-16-10)11(13,14)15/h4-5H,2-3,6H2,1H3,(H,18,19). The van der Waals surface area contributed by atoms with Gasteiger partial charge in [0.25, 0.3) is 0 Å². The van der Waals surface area contributed by atoms with Crippen molar-refractivity contribution in [3.63, 3.8) is 0 Å². The van der Waals surface area contributed by atoms with Crippen LogP contribution in [0.4, 0.5) is 19.0 Å². The number of nitrogens with zero attached hydrogens (tertiary/aromatic N) is 2. The van der Waals surface area contributed by atoms with Crippen LogP contribution in [0.15, 0.2) is 12.3 Å². The molecule has 0 aliphatic heterocycles. The van der Waals surface area contributed by atoms with Gasteiger partial charge in [0, 0.05) is 19.9 Å². The van der Waals surface area contributed by atoms with Gasteiger partial charge in [0.1, 0.15) is 12.4 Å². The van der Waals surface area contributed by atoms with E-state index in [0.717, 1.165) is 0 Å². The molecule has 0 fully saturated rings. The Kier molecular flexibility index (Phi) is 5.58. The van der Waals surface area contributed by atoms with Gasteiger partial charge in [-0.2, -0.15) is 13.2 Å². The second-order valence-corrected chi connectivity index (χ2v) is 4.24. The van der Waals surface area contributed by atoms with Gasteiger partial charge in [-0.05, 0) is 6.07 Å². The second-order valence-electron chi connectivity index (χ2n) is 3.84. The molecule has 0 bridgehead atoms. The molecule has 1 N–H and O–H groups in total. The lowest BCUT2D eigenvalue weighted by atomic mass is 10.2. The second kappa shape index (κ2) is 6.76. The van der Waals surface area contributed by atoms with Crippen LogP contribution in [0.1, 0.15) is 5.56 Å². The fraction of sp³-hybridized carbons (Fsp3) is 0.455. The maximum Gasteiger partial charge on any atom is 0.417 e. The third-order valence-electron chi connectivity index (χ3n) is 2.34. The first-order valence-electron chi connectivity index (χ1n) is 5.44. The first kappa shape index (κ1) is 16.5. The molecule has 5 nitrogen and oxygen atoms in total. The maximum absolute atomic E-state index is 12.5. The topological polar surface area (TPSA) is 62.7 Å². The number of methoxy groups -OCH3 is 1. The number of carbonyl (C=O) groups is 1. The van der Waals surface area contributed by atoms with Crippen LogP contribution in [-0.4, -0.2) is 42.9 Å². The zero-order chi connectivity index (χ0) is 15.3. The molecule has 1 heterocycles. The van der Waals surface area contributed by atoms with E-state index in [9.17, 15) is 18.0 Å². The SMILES string of the molecule is COCCN(CC(=O)O)c1ncc(C(F)(F)F)cc1Cl. The van der Waals surface area contributed by atoms with Crippen molar-refractivity contribution in [3.05, 3.63) is 22.8 Å². The highest BCUT2D eigenvalue weighted by Crippen LogP contribution is 2.33. The Labute approximate surface area is 117 Å². The van der Waals surface area contributed by atoms with Crippen LogP contribution in [-0.2, 0) is 15.7 Å². The average molecular weight is 313 g/mol. The molecular weight excluding hydrogens is 301 g/mol. The molecule has 20 heavy (non-hydrogen) atoms. The van der Waals surface area contributed by atoms with E-state index in [1.807, 2.05) is 0 Å². The number of rotatable bonds is 6. The number of hydrogen-bond donors (Lipinski definition) is 1. The van der Waals surface area contributed by atoms with Crippen molar-refractivity contribution < 1.29 is 27.8 Å². The molecule has 1 aromatic heterocycles. The van der Waals surface area contributed by atoms with E-state index in [4.69, 9.17) is 21.4 Å². The lowest BCUT2D eigenvalue weighted by Crippen LogP contribution is -2.33. The Morgan fingerprint density at radius 2 is 2.20 bits per heavy atom. The quantitative estimate of drug-likeness (QED) is 0.873. The molecule has 0 radical (unpaired) electrons. The summed E-state index contributed by atoms with van der Waals surface area (Å²) in [5.74, 6) is -1.18. The summed E-state index contributed by atoms with van der Waals surface area (Å²) in [5.41, 5.74) is -0.992. The van der Waals surface area contributed by atoms with E-state index >= 15 is 0 Å². The largest absolute Gasteiger partial charge is 0.480 e. The third-order valence-corrected chi connectivity index (χ3v) is 2.62. The van der Waals surface area contributed by atoms with Crippen molar-refractivity contribution in [1.29, 1.82) is 0 Å². The van der Waals surface area contributed by atoms with E-state index in [0.29, 0.717) is 12.3 Å². The van der Waals surface area contributed by atoms with Crippen molar-refractivity contribution in [2.24, 2.45) is 0 Å². The summed E-state index contributed by atoms with van der Waals surface area (Å²) in [6, 6.07) is 0.714. The predicted molar refractivity (Wildman–Crippen MR) is 66.0 cm³/mol. The summed E-state index contributed by atoms with van der Waals surface area (Å²) in [5, 5.41) is 8.52. The summed E-state index contributed by atoms with van der Waals surface area (Å²) in [6.07, 6.45) is -3.94. The molecule has 1 aromatic rings. The van der Waals surface area contributed by atoms with E-state index < -0.39 is 24.3 Å². The van der Waals surface area contributed by atoms with E-state index in [1.165, 1.54) is 12.0 Å². The average Bonchev–Trinajstić information content (AvgIpc) is 2.33. The maximum atomic E-state index is 12.5. The van der Waals surface area contributed by atoms with Crippen LogP contribution in [0.5, 0.6) is 0 Å². The first-order chi connectivity index (χ1) is 9.25. The van der Waals surface area contributed by atoms with Crippen LogP contribution in [0.3, 0.4) is 0 Å². The van der Waals surface area contributed by atoms with Gasteiger partial charge in [0.2, 0.25) is 0 Å². The molecule has 0 unspecified atom stereocenters. The summed E-state index contributed by atoms with van der Waals surface area (Å²) >= 11 is 5.75. The molecule has 0 aliphatic rings. The molecular formula is C11H12ClF3N2O3. The van der Waals surface area contributed by atoms with E-state index in [2.05, 4.69) is 4.98 Å². The number of aromatic nitrogens is 1. The summed E-state index contributed by atoms with van der Waals surface area (Å²) in [4.78, 5) is 15.6. The number of alkyl halides is 3. The van der Waals surface area contributed by atoms with Crippen molar-refractivity contribution in [1.82, 2.24) is 4.98 Å². The zero-order valence-corrected chi connectivity index (χ0v) is 11.2. The minimum Gasteiger partial charge on any atom is -0.480 e. The number of aliphatic carboxylic acids is 1. The van der Waals surface area contributed by atoms with Crippen molar-refractivity contribution in [3.8, 4) is 0 Å². The van der Waals surface area contributed by atoms with Crippen LogP contribution < -0.4 is 4.90 Å². The van der Waals surface area contributed by atoms with Crippen LogP contribution in [0.2, 0.25) is 5.02 Å². The normalized spacial score (nSPS) is 11.4. The highest BCUT2D eigenvalue weighted by atomic mass is 35.5. The third kappa shape index (κ3) is 4.53. The number of carboxylic acid groups (broad SMARTS) is 1. The van der Waals surface area contributed by atoms with Crippen molar-refractivity contribution in [2.45, 2.75) is 6.18 Å². The molecule has 112 valence electrons. The molecule has 9 heteroatoms. The number of ether oxygens (including phenoxy) is 1. The van der Waals surface area contributed by atoms with Gasteiger partial charge < -0.3 is 14.7 Å². The van der Waals surface area contributed by atoms with Gasteiger partial charge in [-0.1, -0.05) is 11.6 Å². The lowest BCUT2D eigenvalue weighted by molar-refractivity contribution is -0.138. The summed E-state index contributed by atoms with van der Waals surface area (Å²) in [6.45, 7) is -0.116. The molecule has 0 saturated heterocycles. The number of anilines is 1. The van der Waals surface area contributed by atoms with Gasteiger partial charge in [-0.25, -0.2) is 4.98 Å². The predicted octanol–water partition coefficient (Wildman–Crippen LogP) is 2.29. The highest BCUT2D eigenvalue weighted by Gasteiger charge is 2.32. The zero-order valence-electron chi connectivity index (χ0n) is 10.4. The van der Waals surface area contributed by atoms with Crippen LogP contribution in [0, 0.1) is 0 Å². The Morgan fingerprint density at radius 1 is 1.55 bits per heavy atom. The van der Waals surface area contributed by atoms with Crippen LogP contribution in [0.25, 0.3) is 0 Å². The Morgan fingerprint density at radius 3 is 2.65 bits per heavy atom. The van der Waals surface area contributed by atoms with Crippen molar-refractivity contribution >= 4 is 23.4 Å². The number of halogens is 4. The number of carboxylic acids is 1. The van der Waals surface area contributed by atoms with Gasteiger partial charge in [0.05, 0.1) is 17.2 Å². The monoisotopic (exact) mass is 312 g/mol. The fourth-order valence-corrected chi connectivity index (χ4v) is 1.73. The minimum absolute atomic E-state index is 0.0286. The van der Waals surface area contributed by atoms with Gasteiger partial charge in [-0.3, -0.25) is 4.79 Å².